The number of rotatable bonds is 4. The molecule has 0 aromatic carbocycles. The summed E-state index contributed by atoms with van der Waals surface area (Å²) in [5.41, 5.74) is -7.81. The Morgan fingerprint density at radius 1 is 1.15 bits per heavy atom. The number of carbonyl (C=O) groups excluding carboxylic acids is 3. The first kappa shape index (κ1) is 28.5. The van der Waals surface area contributed by atoms with Crippen molar-refractivity contribution in [3.63, 3.8) is 0 Å². The first-order valence-electron chi connectivity index (χ1n) is 14.1. The zero-order valence-corrected chi connectivity index (χ0v) is 23.6. The van der Waals surface area contributed by atoms with Gasteiger partial charge >= 0.3 is 11.9 Å². The molecule has 1 aliphatic heterocycles. The summed E-state index contributed by atoms with van der Waals surface area (Å²) in [6.45, 7) is 7.71. The number of cyclic esters (lactones) is 1. The Bertz CT molecular complexity index is 1180. The van der Waals surface area contributed by atoms with Gasteiger partial charge in [-0.2, -0.15) is 0 Å². The summed E-state index contributed by atoms with van der Waals surface area (Å²) >= 11 is 0. The molecule has 0 aromatic heterocycles. The third-order valence-electron chi connectivity index (χ3n) is 11.7. The molecule has 4 N–H and O–H groups in total. The summed E-state index contributed by atoms with van der Waals surface area (Å²) < 4.78 is 10.6. The molecule has 1 heterocycles. The topological polar surface area (TPSA) is 151 Å². The smallest absolute Gasteiger partial charge is 0.337 e. The zero-order valence-electron chi connectivity index (χ0n) is 23.6. The van der Waals surface area contributed by atoms with Crippen LogP contribution in [0, 0.1) is 16.7 Å². The number of allylic oxidation sites excluding steroid dienone is 1. The molecule has 0 saturated heterocycles. The molecule has 0 aromatic rings. The summed E-state index contributed by atoms with van der Waals surface area (Å²) in [6, 6.07) is 0. The summed E-state index contributed by atoms with van der Waals surface area (Å²) in [4.78, 5) is 37.4. The Morgan fingerprint density at radius 3 is 2.49 bits per heavy atom. The Hall–Kier alpha value is -2.07. The molecule has 0 bridgehead atoms. The van der Waals surface area contributed by atoms with Gasteiger partial charge in [0, 0.05) is 31.1 Å². The Morgan fingerprint density at radius 2 is 1.85 bits per heavy atom. The lowest BCUT2D eigenvalue weighted by molar-refractivity contribution is -0.315. The highest BCUT2D eigenvalue weighted by Crippen LogP contribution is 2.71. The van der Waals surface area contributed by atoms with E-state index < -0.39 is 57.2 Å². The number of Topliss-reactive ketones (excluding diaryl/α,β-unsaturated/α-hetero) is 1. The van der Waals surface area contributed by atoms with Crippen molar-refractivity contribution in [3.05, 3.63) is 22.8 Å². The fourth-order valence-corrected chi connectivity index (χ4v) is 9.11. The Balaban J connectivity index is 1.50. The molecule has 5 rings (SSSR count). The molecule has 3 fully saturated rings. The summed E-state index contributed by atoms with van der Waals surface area (Å²) in [6.07, 6.45) is 3.73. The fourth-order valence-electron chi connectivity index (χ4n) is 9.11. The number of ether oxygens (including phenoxy) is 2. The molecule has 0 spiro atoms. The van der Waals surface area contributed by atoms with Crippen molar-refractivity contribution in [2.24, 2.45) is 16.7 Å². The first-order valence-corrected chi connectivity index (χ1v) is 14.1. The van der Waals surface area contributed by atoms with E-state index in [1.165, 1.54) is 13.8 Å². The van der Waals surface area contributed by atoms with Crippen molar-refractivity contribution in [2.45, 2.75) is 121 Å². The van der Waals surface area contributed by atoms with Gasteiger partial charge in [-0.05, 0) is 65.7 Å². The van der Waals surface area contributed by atoms with E-state index in [0.717, 1.165) is 18.4 Å². The third kappa shape index (κ3) is 3.42. The minimum atomic E-state index is -1.99. The van der Waals surface area contributed by atoms with Crippen molar-refractivity contribution in [1.29, 1.82) is 0 Å². The molecule has 5 aliphatic rings. The second-order valence-electron chi connectivity index (χ2n) is 13.3. The van der Waals surface area contributed by atoms with Crippen LogP contribution in [0.4, 0.5) is 0 Å². The first-order chi connectivity index (χ1) is 18.0. The van der Waals surface area contributed by atoms with E-state index in [-0.39, 0.29) is 50.1 Å². The van der Waals surface area contributed by atoms with E-state index >= 15 is 0 Å². The van der Waals surface area contributed by atoms with Crippen molar-refractivity contribution < 1.29 is 44.3 Å². The molecular weight excluding hydrogens is 504 g/mol. The van der Waals surface area contributed by atoms with Gasteiger partial charge in [-0.15, -0.1) is 0 Å². The van der Waals surface area contributed by atoms with Gasteiger partial charge in [-0.1, -0.05) is 24.1 Å². The number of ketones is 1. The molecule has 8 atom stereocenters. The van der Waals surface area contributed by atoms with Gasteiger partial charge < -0.3 is 29.9 Å². The van der Waals surface area contributed by atoms with E-state index in [0.29, 0.717) is 18.4 Å². The highest BCUT2D eigenvalue weighted by Gasteiger charge is 2.80. The van der Waals surface area contributed by atoms with Crippen LogP contribution in [0.15, 0.2) is 22.8 Å². The molecule has 39 heavy (non-hydrogen) atoms. The van der Waals surface area contributed by atoms with Crippen molar-refractivity contribution in [2.75, 3.05) is 6.61 Å². The van der Waals surface area contributed by atoms with Gasteiger partial charge in [-0.3, -0.25) is 9.59 Å². The van der Waals surface area contributed by atoms with Gasteiger partial charge in [0.25, 0.3) is 0 Å². The third-order valence-corrected chi connectivity index (χ3v) is 11.7. The van der Waals surface area contributed by atoms with Gasteiger partial charge in [0.2, 0.25) is 0 Å². The maximum atomic E-state index is 13.3. The number of fused-ring (bicyclic) bond motifs is 5. The number of hydrogen-bond donors (Lipinski definition) is 4. The van der Waals surface area contributed by atoms with E-state index in [2.05, 4.69) is 0 Å². The van der Waals surface area contributed by atoms with Gasteiger partial charge in [0.1, 0.15) is 40.9 Å². The summed E-state index contributed by atoms with van der Waals surface area (Å²) in [5, 5.41) is 49.2. The van der Waals surface area contributed by atoms with Crippen LogP contribution in [0.1, 0.15) is 92.4 Å². The lowest BCUT2D eigenvalue weighted by Gasteiger charge is -2.66. The van der Waals surface area contributed by atoms with Gasteiger partial charge in [-0.25, -0.2) is 4.79 Å². The van der Waals surface area contributed by atoms with Gasteiger partial charge in [0.15, 0.2) is 0 Å². The van der Waals surface area contributed by atoms with Gasteiger partial charge in [0.05, 0.1) is 11.0 Å². The minimum absolute atomic E-state index is 0.0176. The second-order valence-corrected chi connectivity index (χ2v) is 13.3. The largest absolute Gasteiger partial charge is 0.461 e. The Kier molecular flexibility index (Phi) is 6.36. The van der Waals surface area contributed by atoms with Crippen LogP contribution in [0.5, 0.6) is 0 Å². The van der Waals surface area contributed by atoms with Crippen molar-refractivity contribution >= 4 is 17.7 Å². The maximum Gasteiger partial charge on any atom is 0.337 e. The minimum Gasteiger partial charge on any atom is -0.461 e. The molecule has 9 nitrogen and oxygen atoms in total. The van der Waals surface area contributed by atoms with Crippen LogP contribution in [0.25, 0.3) is 0 Å². The van der Waals surface area contributed by atoms with E-state index in [1.54, 1.807) is 13.8 Å². The SMILES string of the molecule is CC(=O)OCC1=C(C)C[C@H]([C@@](C)(O)[C@]2(O)CC[C@]3(O)[C@]2(C)CC[C@@H]2[C@@]4(C)C(=O)CCCC4=CC[C@]23O)OC1=O. The molecule has 9 heteroatoms. The predicted octanol–water partition coefficient (Wildman–Crippen LogP) is 2.43. The Labute approximate surface area is 229 Å². The van der Waals surface area contributed by atoms with Crippen LogP contribution in [0.3, 0.4) is 0 Å². The molecule has 216 valence electrons. The van der Waals surface area contributed by atoms with Crippen LogP contribution in [0.2, 0.25) is 0 Å². The van der Waals surface area contributed by atoms with Crippen LogP contribution in [-0.4, -0.2) is 73.3 Å². The molecule has 0 unspecified atom stereocenters. The molecule has 0 radical (unpaired) electrons. The zero-order chi connectivity index (χ0) is 28.8. The lowest BCUT2D eigenvalue weighted by atomic mass is 9.42. The summed E-state index contributed by atoms with van der Waals surface area (Å²) in [5.74, 6) is -1.70. The molecular formula is C30H42O9. The lowest BCUT2D eigenvalue weighted by Crippen LogP contribution is -2.77. The predicted molar refractivity (Wildman–Crippen MR) is 139 cm³/mol. The van der Waals surface area contributed by atoms with Crippen LogP contribution < -0.4 is 0 Å². The number of carbonyl (C=O) groups is 3. The summed E-state index contributed by atoms with van der Waals surface area (Å²) in [7, 11) is 0. The molecule has 0 amide bonds. The average molecular weight is 547 g/mol. The number of esters is 2. The standard InChI is InChI=1S/C30H42O9/c1-17-15-23(39-24(33)20(17)16-38-18(2)31)27(5,34)29(36)13-14-30(37)25(29,3)11-10-21-26(4)19(7-6-8-22(26)32)9-12-28(21,30)35/h9,21,23,34-37H,6-8,10-16H2,1-5H3/t21-,23-,25-,26+,27-,28+,29+,30+/m1/s1. The van der Waals surface area contributed by atoms with E-state index in [1.807, 2.05) is 13.0 Å². The number of hydrogen-bond acceptors (Lipinski definition) is 9. The normalized spacial score (nSPS) is 45.4. The van der Waals surface area contributed by atoms with Crippen LogP contribution >= 0.6 is 0 Å². The molecule has 3 saturated carbocycles. The molecule has 4 aliphatic carbocycles. The maximum absolute atomic E-state index is 13.3. The number of aliphatic hydroxyl groups is 4. The average Bonchev–Trinajstić information content (AvgIpc) is 3.08. The highest BCUT2D eigenvalue weighted by molar-refractivity contribution is 5.91. The van der Waals surface area contributed by atoms with Crippen molar-refractivity contribution in [1.82, 2.24) is 0 Å². The monoisotopic (exact) mass is 546 g/mol. The second kappa shape index (κ2) is 8.71. The van der Waals surface area contributed by atoms with E-state index in [4.69, 9.17) is 9.47 Å². The van der Waals surface area contributed by atoms with Crippen molar-refractivity contribution in [3.8, 4) is 0 Å². The quantitative estimate of drug-likeness (QED) is 0.308. The highest BCUT2D eigenvalue weighted by atomic mass is 16.6. The van der Waals surface area contributed by atoms with Crippen LogP contribution in [-0.2, 0) is 23.9 Å². The van der Waals surface area contributed by atoms with E-state index in [9.17, 15) is 34.8 Å². The fraction of sp³-hybridized carbons (Fsp3) is 0.767.